The molecule has 1 aromatic heterocycles. The van der Waals surface area contributed by atoms with Crippen LogP contribution in [-0.2, 0) is 6.54 Å². The lowest BCUT2D eigenvalue weighted by Crippen LogP contribution is -2.14. The molecule has 0 atom stereocenters. The van der Waals surface area contributed by atoms with E-state index in [0.29, 0.717) is 6.61 Å². The van der Waals surface area contributed by atoms with Crippen molar-refractivity contribution in [3.05, 3.63) is 48.3 Å². The Balaban J connectivity index is 2.09. The van der Waals surface area contributed by atoms with Crippen molar-refractivity contribution in [1.82, 2.24) is 10.3 Å². The summed E-state index contributed by atoms with van der Waals surface area (Å²) in [7, 11) is 0. The van der Waals surface area contributed by atoms with Crippen LogP contribution in [0.5, 0.6) is 17.2 Å². The van der Waals surface area contributed by atoms with E-state index < -0.39 is 0 Å². The lowest BCUT2D eigenvalue weighted by atomic mass is 10.2. The van der Waals surface area contributed by atoms with Gasteiger partial charge in [-0.05, 0) is 38.1 Å². The Morgan fingerprint density at radius 2 is 2.00 bits per heavy atom. The molecule has 0 bridgehead atoms. The van der Waals surface area contributed by atoms with Crippen LogP contribution in [0, 0.1) is 0 Å². The molecule has 1 N–H and O–H groups in total. The van der Waals surface area contributed by atoms with Crippen LogP contribution in [0.15, 0.2) is 42.7 Å². The lowest BCUT2D eigenvalue weighted by molar-refractivity contribution is 0.338. The van der Waals surface area contributed by atoms with Gasteiger partial charge in [-0.25, -0.2) is 0 Å². The molecule has 0 unspecified atom stereocenters. The fraction of sp³-hybridized carbons (Fsp3) is 0.353. The van der Waals surface area contributed by atoms with Crippen molar-refractivity contribution in [2.75, 3.05) is 13.2 Å². The molecule has 2 aromatic rings. The second-order valence-electron chi connectivity index (χ2n) is 4.67. The normalized spacial score (nSPS) is 10.4. The molecular weight excluding hydrogens is 264 g/mol. The van der Waals surface area contributed by atoms with Gasteiger partial charge >= 0.3 is 0 Å². The van der Waals surface area contributed by atoms with E-state index in [1.54, 1.807) is 12.4 Å². The molecule has 4 heteroatoms. The molecule has 4 nitrogen and oxygen atoms in total. The van der Waals surface area contributed by atoms with E-state index >= 15 is 0 Å². The Kier molecular flexibility index (Phi) is 6.03. The van der Waals surface area contributed by atoms with Crippen molar-refractivity contribution in [1.29, 1.82) is 0 Å². The average molecular weight is 286 g/mol. The summed E-state index contributed by atoms with van der Waals surface area (Å²) in [5.41, 5.74) is 1.10. The van der Waals surface area contributed by atoms with E-state index in [1.807, 2.05) is 37.3 Å². The van der Waals surface area contributed by atoms with Crippen LogP contribution >= 0.6 is 0 Å². The molecule has 0 saturated heterocycles. The number of nitrogens with one attached hydrogen (secondary N) is 1. The van der Waals surface area contributed by atoms with Crippen LogP contribution in [-0.4, -0.2) is 18.1 Å². The molecule has 0 saturated carbocycles. The van der Waals surface area contributed by atoms with Gasteiger partial charge in [-0.15, -0.1) is 0 Å². The van der Waals surface area contributed by atoms with Crippen LogP contribution in [0.1, 0.15) is 25.8 Å². The Hall–Kier alpha value is -2.07. The highest BCUT2D eigenvalue weighted by Crippen LogP contribution is 2.27. The molecular formula is C17H22N2O2. The Labute approximate surface area is 126 Å². The minimum absolute atomic E-state index is 0.641. The first-order chi connectivity index (χ1) is 10.3. The number of hydrogen-bond acceptors (Lipinski definition) is 4. The van der Waals surface area contributed by atoms with Gasteiger partial charge in [0, 0.05) is 24.4 Å². The maximum absolute atomic E-state index is 5.94. The quantitative estimate of drug-likeness (QED) is 0.750. The van der Waals surface area contributed by atoms with Crippen molar-refractivity contribution < 1.29 is 9.47 Å². The molecule has 0 aliphatic heterocycles. The monoisotopic (exact) mass is 286 g/mol. The molecule has 0 radical (unpaired) electrons. The second-order valence-corrected chi connectivity index (χ2v) is 4.67. The number of hydrogen-bond donors (Lipinski definition) is 1. The molecule has 21 heavy (non-hydrogen) atoms. The first-order valence-corrected chi connectivity index (χ1v) is 7.37. The van der Waals surface area contributed by atoms with Crippen molar-refractivity contribution in [2.24, 2.45) is 0 Å². The van der Waals surface area contributed by atoms with Gasteiger partial charge in [0.1, 0.15) is 17.2 Å². The van der Waals surface area contributed by atoms with Crippen LogP contribution in [0.25, 0.3) is 0 Å². The second kappa shape index (κ2) is 8.27. The van der Waals surface area contributed by atoms with Gasteiger partial charge in [0.25, 0.3) is 0 Å². The Morgan fingerprint density at radius 3 is 2.81 bits per heavy atom. The van der Waals surface area contributed by atoms with E-state index in [0.717, 1.165) is 42.3 Å². The van der Waals surface area contributed by atoms with Crippen LogP contribution in [0.4, 0.5) is 0 Å². The van der Waals surface area contributed by atoms with Gasteiger partial charge in [0.15, 0.2) is 0 Å². The SMILES string of the molecule is CCCNCc1ccncc1Oc1cccc(OCC)c1. The number of aromatic nitrogens is 1. The average Bonchev–Trinajstić information content (AvgIpc) is 2.50. The zero-order valence-corrected chi connectivity index (χ0v) is 12.6. The van der Waals surface area contributed by atoms with Crippen LogP contribution in [0.2, 0.25) is 0 Å². The van der Waals surface area contributed by atoms with Crippen molar-refractivity contribution in [2.45, 2.75) is 26.8 Å². The largest absolute Gasteiger partial charge is 0.494 e. The van der Waals surface area contributed by atoms with E-state index in [2.05, 4.69) is 17.2 Å². The summed E-state index contributed by atoms with van der Waals surface area (Å²) < 4.78 is 11.4. The van der Waals surface area contributed by atoms with Crippen LogP contribution in [0.3, 0.4) is 0 Å². The van der Waals surface area contributed by atoms with Gasteiger partial charge in [-0.3, -0.25) is 4.98 Å². The van der Waals surface area contributed by atoms with E-state index in [9.17, 15) is 0 Å². The van der Waals surface area contributed by atoms with Gasteiger partial charge in [0.2, 0.25) is 0 Å². The highest BCUT2D eigenvalue weighted by Gasteiger charge is 2.05. The molecule has 0 spiro atoms. The number of pyridine rings is 1. The predicted molar refractivity (Wildman–Crippen MR) is 83.9 cm³/mol. The summed E-state index contributed by atoms with van der Waals surface area (Å²) in [6.07, 6.45) is 4.64. The number of ether oxygens (including phenoxy) is 2. The molecule has 0 fully saturated rings. The van der Waals surface area contributed by atoms with Crippen molar-refractivity contribution >= 4 is 0 Å². The first-order valence-electron chi connectivity index (χ1n) is 7.37. The smallest absolute Gasteiger partial charge is 0.150 e. The van der Waals surface area contributed by atoms with Gasteiger partial charge in [0.05, 0.1) is 12.8 Å². The third kappa shape index (κ3) is 4.76. The maximum atomic E-state index is 5.94. The van der Waals surface area contributed by atoms with E-state index in [4.69, 9.17) is 9.47 Å². The molecule has 1 heterocycles. The predicted octanol–water partition coefficient (Wildman–Crippen LogP) is 3.77. The summed E-state index contributed by atoms with van der Waals surface area (Å²) in [4.78, 5) is 4.14. The molecule has 0 aliphatic rings. The van der Waals surface area contributed by atoms with E-state index in [-0.39, 0.29) is 0 Å². The molecule has 2 rings (SSSR count). The van der Waals surface area contributed by atoms with Gasteiger partial charge in [-0.1, -0.05) is 13.0 Å². The summed E-state index contributed by atoms with van der Waals surface area (Å²) in [5, 5.41) is 3.38. The first kappa shape index (κ1) is 15.3. The number of rotatable bonds is 8. The zero-order valence-electron chi connectivity index (χ0n) is 12.6. The lowest BCUT2D eigenvalue weighted by Gasteiger charge is -2.12. The minimum atomic E-state index is 0.641. The van der Waals surface area contributed by atoms with Crippen LogP contribution < -0.4 is 14.8 Å². The molecule has 112 valence electrons. The summed E-state index contributed by atoms with van der Waals surface area (Å²) >= 11 is 0. The number of benzene rings is 1. The topological polar surface area (TPSA) is 43.4 Å². The standard InChI is InChI=1S/C17H22N2O2/c1-3-9-18-12-14-8-10-19-13-17(14)21-16-7-5-6-15(11-16)20-4-2/h5-8,10-11,13,18H,3-4,9,12H2,1-2H3. The Morgan fingerprint density at radius 1 is 1.14 bits per heavy atom. The fourth-order valence-electron chi connectivity index (χ4n) is 1.97. The third-order valence-electron chi connectivity index (χ3n) is 2.96. The third-order valence-corrected chi connectivity index (χ3v) is 2.96. The fourth-order valence-corrected chi connectivity index (χ4v) is 1.97. The summed E-state index contributed by atoms with van der Waals surface area (Å²) in [6.45, 7) is 6.52. The minimum Gasteiger partial charge on any atom is -0.494 e. The zero-order chi connectivity index (χ0) is 14.9. The highest BCUT2D eigenvalue weighted by molar-refractivity contribution is 5.39. The summed E-state index contributed by atoms with van der Waals surface area (Å²) in [5.74, 6) is 2.34. The van der Waals surface area contributed by atoms with Crippen molar-refractivity contribution in [3.8, 4) is 17.2 Å². The Bertz CT molecular complexity index is 558. The van der Waals surface area contributed by atoms with Gasteiger partial charge in [-0.2, -0.15) is 0 Å². The van der Waals surface area contributed by atoms with Crippen molar-refractivity contribution in [3.63, 3.8) is 0 Å². The number of nitrogens with zero attached hydrogens (tertiary/aromatic N) is 1. The maximum Gasteiger partial charge on any atom is 0.150 e. The summed E-state index contributed by atoms with van der Waals surface area (Å²) in [6, 6.07) is 9.62. The highest BCUT2D eigenvalue weighted by atomic mass is 16.5. The van der Waals surface area contributed by atoms with E-state index in [1.165, 1.54) is 0 Å². The molecule has 0 amide bonds. The van der Waals surface area contributed by atoms with Gasteiger partial charge < -0.3 is 14.8 Å². The molecule has 0 aliphatic carbocycles. The molecule has 1 aromatic carbocycles.